The van der Waals surface area contributed by atoms with Gasteiger partial charge in [-0.05, 0) is 44.6 Å². The fourth-order valence-electron chi connectivity index (χ4n) is 4.22. The second-order valence-corrected chi connectivity index (χ2v) is 9.99. The van der Waals surface area contributed by atoms with Crippen LogP contribution in [0.2, 0.25) is 0 Å². The summed E-state index contributed by atoms with van der Waals surface area (Å²) < 4.78 is 34.3. The number of nitrogens with one attached hydrogen (secondary N) is 1. The monoisotopic (exact) mass is 467 g/mol. The second kappa shape index (κ2) is 10.3. The molecule has 2 fully saturated rings. The van der Waals surface area contributed by atoms with E-state index in [1.165, 1.54) is 6.07 Å². The summed E-state index contributed by atoms with van der Waals surface area (Å²) in [6.07, 6.45) is 1.23. The number of nitrogens with two attached hydrogens (primary N) is 1. The average molecular weight is 468 g/mol. The van der Waals surface area contributed by atoms with Crippen molar-refractivity contribution in [3.05, 3.63) is 23.8 Å². The third-order valence-corrected chi connectivity index (χ3v) is 7.62. The van der Waals surface area contributed by atoms with E-state index in [4.69, 9.17) is 10.5 Å². The Kier molecular flexibility index (Phi) is 7.88. The molecule has 10 nitrogen and oxygen atoms in total. The van der Waals surface area contributed by atoms with Crippen LogP contribution >= 0.6 is 0 Å². The van der Waals surface area contributed by atoms with Gasteiger partial charge < -0.3 is 25.2 Å². The maximum atomic E-state index is 13.3. The lowest BCUT2D eigenvalue weighted by atomic mass is 10.1. The molecule has 0 aliphatic carbocycles. The number of hydrogen-bond donors (Lipinski definition) is 2. The van der Waals surface area contributed by atoms with Crippen molar-refractivity contribution < 1.29 is 22.7 Å². The van der Waals surface area contributed by atoms with Gasteiger partial charge in [-0.1, -0.05) is 13.0 Å². The number of morpholine rings is 1. The van der Waals surface area contributed by atoms with E-state index >= 15 is 0 Å². The molecule has 2 aliphatic rings. The van der Waals surface area contributed by atoms with Gasteiger partial charge in [-0.25, -0.2) is 8.42 Å². The lowest BCUT2D eigenvalue weighted by Gasteiger charge is -2.30. The van der Waals surface area contributed by atoms with E-state index in [-0.39, 0.29) is 35.9 Å². The van der Waals surface area contributed by atoms with Crippen molar-refractivity contribution in [2.75, 3.05) is 58.4 Å². The first kappa shape index (κ1) is 24.6. The summed E-state index contributed by atoms with van der Waals surface area (Å²) >= 11 is 0. The van der Waals surface area contributed by atoms with Crippen molar-refractivity contribution in [2.24, 2.45) is 5.73 Å². The van der Waals surface area contributed by atoms with Gasteiger partial charge in [0.15, 0.2) is 0 Å². The van der Waals surface area contributed by atoms with Crippen molar-refractivity contribution in [1.29, 1.82) is 0 Å². The zero-order chi connectivity index (χ0) is 23.5. The van der Waals surface area contributed by atoms with Gasteiger partial charge in [0.1, 0.15) is 12.6 Å². The first-order valence-corrected chi connectivity index (χ1v) is 12.4. The lowest BCUT2D eigenvalue weighted by Crippen LogP contribution is -2.52. The minimum Gasteiger partial charge on any atom is -0.370 e. The number of amides is 2. The number of rotatable bonds is 8. The summed E-state index contributed by atoms with van der Waals surface area (Å²) in [6.45, 7) is 3.50. The molecule has 3 rings (SSSR count). The van der Waals surface area contributed by atoms with Crippen molar-refractivity contribution in [3.63, 3.8) is 0 Å². The molecule has 2 heterocycles. The number of hydrogen-bond acceptors (Lipinski definition) is 7. The number of carbonyl (C=O) groups is 2. The Morgan fingerprint density at radius 2 is 2.09 bits per heavy atom. The molecule has 0 spiro atoms. The predicted octanol–water partition coefficient (Wildman–Crippen LogP) is -0.620. The highest BCUT2D eigenvalue weighted by atomic mass is 32.2. The van der Waals surface area contributed by atoms with Crippen LogP contribution < -0.4 is 15.4 Å². The quantitative estimate of drug-likeness (QED) is 0.522. The van der Waals surface area contributed by atoms with Crippen molar-refractivity contribution in [1.82, 2.24) is 14.5 Å². The van der Waals surface area contributed by atoms with Crippen LogP contribution in [-0.2, 0) is 30.8 Å². The summed E-state index contributed by atoms with van der Waals surface area (Å²) in [7, 11) is -0.137. The zero-order valence-electron chi connectivity index (χ0n) is 18.9. The van der Waals surface area contributed by atoms with Crippen LogP contribution in [0.25, 0.3) is 0 Å². The van der Waals surface area contributed by atoms with E-state index in [0.717, 1.165) is 6.42 Å². The molecule has 0 bridgehead atoms. The maximum absolute atomic E-state index is 13.3. The van der Waals surface area contributed by atoms with Crippen LogP contribution in [0.1, 0.15) is 18.9 Å². The molecule has 2 aliphatic heterocycles. The topological polar surface area (TPSA) is 125 Å². The van der Waals surface area contributed by atoms with E-state index in [9.17, 15) is 18.0 Å². The summed E-state index contributed by atoms with van der Waals surface area (Å²) in [5.74, 6) is -0.536. The van der Waals surface area contributed by atoms with E-state index in [0.29, 0.717) is 43.9 Å². The number of likely N-dealkylation sites (tertiary alicyclic amines) is 1. The van der Waals surface area contributed by atoms with Gasteiger partial charge in [0.2, 0.25) is 15.9 Å². The molecule has 2 atom stereocenters. The normalized spacial score (nSPS) is 20.8. The number of benzene rings is 1. The van der Waals surface area contributed by atoms with Crippen LogP contribution in [0, 0.1) is 0 Å². The first-order valence-electron chi connectivity index (χ1n) is 10.9. The summed E-state index contributed by atoms with van der Waals surface area (Å²) in [4.78, 5) is 30.6. The van der Waals surface area contributed by atoms with Crippen LogP contribution in [0.4, 0.5) is 5.69 Å². The average Bonchev–Trinajstić information content (AvgIpc) is 3.27. The minimum absolute atomic E-state index is 0.0358. The molecule has 0 saturated carbocycles. The molecule has 1 aromatic rings. The number of carbonyl (C=O) groups excluding carboxylic acids is 2. The zero-order valence-corrected chi connectivity index (χ0v) is 19.7. The Labute approximate surface area is 189 Å². The molecule has 2 saturated heterocycles. The molecule has 0 unspecified atom stereocenters. The van der Waals surface area contributed by atoms with Crippen LogP contribution in [-0.4, -0.2) is 95.6 Å². The van der Waals surface area contributed by atoms with Crippen LogP contribution in [0.5, 0.6) is 0 Å². The molecule has 3 N–H and O–H groups in total. The molecular formula is C21H33N5O5S. The highest BCUT2D eigenvalue weighted by Crippen LogP contribution is 2.29. The number of anilines is 1. The Hall–Kier alpha value is -2.05. The van der Waals surface area contributed by atoms with Crippen LogP contribution in [0.15, 0.2) is 23.1 Å². The molecule has 2 amide bonds. The first-order chi connectivity index (χ1) is 15.2. The molecule has 32 heavy (non-hydrogen) atoms. The summed E-state index contributed by atoms with van der Waals surface area (Å²) in [5.41, 5.74) is 6.87. The minimum atomic E-state index is -4.05. The Morgan fingerprint density at radius 1 is 1.34 bits per heavy atom. The van der Waals surface area contributed by atoms with Gasteiger partial charge in [-0.3, -0.25) is 9.59 Å². The maximum Gasteiger partial charge on any atom is 0.253 e. The number of nitrogens with zero attached hydrogens (tertiary/aromatic N) is 3. The van der Waals surface area contributed by atoms with Gasteiger partial charge >= 0.3 is 0 Å². The standard InChI is InChI=1S/C21H33N5O5S/c1-4-16-18(26-10-11-31-14-20(26)27)6-5-7-19(16)32(29,30)23-17(12-22)21(28)25-9-8-15(13-25)24(2)3/h5-7,15,17,23H,4,8-14,22H2,1-3H3/t15-,17-/m0/s1. The Morgan fingerprint density at radius 3 is 2.69 bits per heavy atom. The lowest BCUT2D eigenvalue weighted by molar-refractivity contribution is -0.131. The molecule has 0 radical (unpaired) electrons. The number of likely N-dealkylation sites (N-methyl/N-ethyl adjacent to an activating group) is 1. The fourth-order valence-corrected chi connectivity index (χ4v) is 5.75. The van der Waals surface area contributed by atoms with Gasteiger partial charge in [-0.15, -0.1) is 0 Å². The third-order valence-electron chi connectivity index (χ3n) is 6.06. The van der Waals surface area contributed by atoms with Gasteiger partial charge in [0, 0.05) is 37.9 Å². The number of sulfonamides is 1. The molecular weight excluding hydrogens is 434 g/mol. The molecule has 178 valence electrons. The van der Waals surface area contributed by atoms with Crippen molar-refractivity contribution >= 4 is 27.5 Å². The van der Waals surface area contributed by atoms with E-state index in [1.807, 2.05) is 21.0 Å². The van der Waals surface area contributed by atoms with Gasteiger partial charge in [0.25, 0.3) is 5.91 Å². The van der Waals surface area contributed by atoms with Crippen LogP contribution in [0.3, 0.4) is 0 Å². The van der Waals surface area contributed by atoms with Crippen molar-refractivity contribution in [2.45, 2.75) is 36.7 Å². The number of ether oxygens (including phenoxy) is 1. The summed E-state index contributed by atoms with van der Waals surface area (Å²) in [5, 5.41) is 0. The Bertz CT molecular complexity index is 952. The summed E-state index contributed by atoms with van der Waals surface area (Å²) in [6, 6.07) is 4.01. The highest BCUT2D eigenvalue weighted by Gasteiger charge is 2.34. The third kappa shape index (κ3) is 5.12. The molecule has 11 heteroatoms. The smallest absolute Gasteiger partial charge is 0.253 e. The SMILES string of the molecule is CCc1c(N2CCOCC2=O)cccc1S(=O)(=O)N[C@@H](CN)C(=O)N1CC[C@H](N(C)C)C1. The van der Waals surface area contributed by atoms with Crippen molar-refractivity contribution in [3.8, 4) is 0 Å². The van der Waals surface area contributed by atoms with E-state index in [1.54, 1.807) is 21.9 Å². The predicted molar refractivity (Wildman–Crippen MR) is 121 cm³/mol. The Balaban J connectivity index is 1.84. The second-order valence-electron chi connectivity index (χ2n) is 8.31. The largest absolute Gasteiger partial charge is 0.370 e. The molecule has 1 aromatic carbocycles. The van der Waals surface area contributed by atoms with Gasteiger partial charge in [-0.2, -0.15) is 4.72 Å². The highest BCUT2D eigenvalue weighted by molar-refractivity contribution is 7.89. The van der Waals surface area contributed by atoms with Gasteiger partial charge in [0.05, 0.1) is 11.5 Å². The van der Waals surface area contributed by atoms with E-state index in [2.05, 4.69) is 9.62 Å². The van der Waals surface area contributed by atoms with E-state index < -0.39 is 16.1 Å². The molecule has 0 aromatic heterocycles. The fraction of sp³-hybridized carbons (Fsp3) is 0.619.